The highest BCUT2D eigenvalue weighted by molar-refractivity contribution is 5.95. The van der Waals surface area contributed by atoms with Gasteiger partial charge in [-0.05, 0) is 38.1 Å². The van der Waals surface area contributed by atoms with Gasteiger partial charge in [-0.1, -0.05) is 12.1 Å². The van der Waals surface area contributed by atoms with E-state index in [-0.39, 0.29) is 18.3 Å². The van der Waals surface area contributed by atoms with E-state index in [0.29, 0.717) is 0 Å². The first-order valence-corrected chi connectivity index (χ1v) is 5.54. The number of carbonyl (C=O) groups is 1. The summed E-state index contributed by atoms with van der Waals surface area (Å²) in [6.07, 6.45) is 0. The van der Waals surface area contributed by atoms with E-state index in [4.69, 9.17) is 0 Å². The Hall–Kier alpha value is -1.06. The van der Waals surface area contributed by atoms with Crippen LogP contribution >= 0.6 is 12.4 Å². The summed E-state index contributed by atoms with van der Waals surface area (Å²) in [5.74, 6) is 0.0939. The van der Waals surface area contributed by atoms with Crippen molar-refractivity contribution in [3.63, 3.8) is 0 Å². The zero-order valence-corrected chi connectivity index (χ0v) is 11.7. The summed E-state index contributed by atoms with van der Waals surface area (Å²) < 4.78 is 0. The van der Waals surface area contributed by atoms with Gasteiger partial charge >= 0.3 is 0 Å². The molecule has 1 N–H and O–H groups in total. The number of aryl methyl sites for hydroxylation is 1. The Bertz CT molecular complexity index is 380. The van der Waals surface area contributed by atoms with Crippen molar-refractivity contribution < 1.29 is 4.79 Å². The lowest BCUT2D eigenvalue weighted by atomic mass is 10.0. The van der Waals surface area contributed by atoms with Gasteiger partial charge in [0.05, 0.1) is 0 Å². The van der Waals surface area contributed by atoms with Gasteiger partial charge in [-0.25, -0.2) is 0 Å². The molecular formula is C13H21ClN2O. The summed E-state index contributed by atoms with van der Waals surface area (Å²) >= 11 is 0. The van der Waals surface area contributed by atoms with Crippen molar-refractivity contribution in [1.29, 1.82) is 0 Å². The number of nitrogens with one attached hydrogen (secondary N) is 1. The Morgan fingerprint density at radius 3 is 2.59 bits per heavy atom. The number of halogens is 1. The lowest BCUT2D eigenvalue weighted by molar-refractivity contribution is 0.0796. The van der Waals surface area contributed by atoms with E-state index in [0.717, 1.165) is 29.8 Å². The molecule has 0 aromatic heterocycles. The summed E-state index contributed by atoms with van der Waals surface area (Å²) in [4.78, 5) is 13.9. The van der Waals surface area contributed by atoms with E-state index in [9.17, 15) is 4.79 Å². The van der Waals surface area contributed by atoms with Crippen LogP contribution in [0.5, 0.6) is 0 Å². The number of amides is 1. The van der Waals surface area contributed by atoms with Crippen molar-refractivity contribution >= 4 is 18.3 Å². The van der Waals surface area contributed by atoms with Gasteiger partial charge < -0.3 is 10.2 Å². The predicted molar refractivity (Wildman–Crippen MR) is 74.1 cm³/mol. The third-order valence-corrected chi connectivity index (χ3v) is 2.88. The van der Waals surface area contributed by atoms with Crippen LogP contribution in [0.1, 0.15) is 21.5 Å². The first-order valence-electron chi connectivity index (χ1n) is 5.54. The highest BCUT2D eigenvalue weighted by atomic mass is 35.5. The maximum absolute atomic E-state index is 12.1. The van der Waals surface area contributed by atoms with E-state index < -0.39 is 0 Å². The first kappa shape index (κ1) is 15.9. The lowest BCUT2D eigenvalue weighted by Crippen LogP contribution is -2.33. The fourth-order valence-corrected chi connectivity index (χ4v) is 1.57. The molecule has 0 aliphatic rings. The van der Waals surface area contributed by atoms with Gasteiger partial charge in [-0.3, -0.25) is 4.79 Å². The van der Waals surface area contributed by atoms with E-state index >= 15 is 0 Å². The van der Waals surface area contributed by atoms with Crippen LogP contribution in [-0.2, 0) is 0 Å². The predicted octanol–water partition coefficient (Wildman–Crippen LogP) is 2.02. The maximum Gasteiger partial charge on any atom is 0.253 e. The smallest absolute Gasteiger partial charge is 0.253 e. The van der Waals surface area contributed by atoms with Crippen LogP contribution in [-0.4, -0.2) is 38.0 Å². The highest BCUT2D eigenvalue weighted by Crippen LogP contribution is 2.14. The van der Waals surface area contributed by atoms with Crippen LogP contribution in [0.15, 0.2) is 18.2 Å². The highest BCUT2D eigenvalue weighted by Gasteiger charge is 2.13. The molecule has 0 saturated heterocycles. The standard InChI is InChI=1S/C13H20N2O.ClH/c1-10-6-5-7-12(11(10)2)13(16)15(4)9-8-14-3;/h5-7,14H,8-9H2,1-4H3;1H. The molecule has 1 rings (SSSR count). The topological polar surface area (TPSA) is 32.3 Å². The van der Waals surface area contributed by atoms with Gasteiger partial charge in [0.1, 0.15) is 0 Å². The molecule has 0 bridgehead atoms. The minimum absolute atomic E-state index is 0. The SMILES string of the molecule is CNCCN(C)C(=O)c1cccc(C)c1C.Cl. The summed E-state index contributed by atoms with van der Waals surface area (Å²) in [5.41, 5.74) is 3.04. The van der Waals surface area contributed by atoms with Gasteiger partial charge in [0.2, 0.25) is 0 Å². The normalized spacial score (nSPS) is 9.65. The zero-order valence-electron chi connectivity index (χ0n) is 10.9. The third-order valence-electron chi connectivity index (χ3n) is 2.88. The summed E-state index contributed by atoms with van der Waals surface area (Å²) in [7, 11) is 3.72. The molecule has 0 radical (unpaired) electrons. The number of hydrogen-bond donors (Lipinski definition) is 1. The lowest BCUT2D eigenvalue weighted by Gasteiger charge is -2.18. The number of rotatable bonds is 4. The second-order valence-corrected chi connectivity index (χ2v) is 4.08. The molecule has 4 heteroatoms. The quantitative estimate of drug-likeness (QED) is 0.894. The molecule has 0 saturated carbocycles. The average molecular weight is 257 g/mol. The van der Waals surface area contributed by atoms with Crippen LogP contribution in [0.3, 0.4) is 0 Å². The van der Waals surface area contributed by atoms with Crippen LogP contribution in [0.2, 0.25) is 0 Å². The van der Waals surface area contributed by atoms with E-state index in [1.807, 2.05) is 46.1 Å². The largest absolute Gasteiger partial charge is 0.340 e. The molecule has 0 aliphatic heterocycles. The minimum atomic E-state index is 0. The maximum atomic E-state index is 12.1. The average Bonchev–Trinajstić information content (AvgIpc) is 2.28. The van der Waals surface area contributed by atoms with Gasteiger partial charge in [-0.15, -0.1) is 12.4 Å². The summed E-state index contributed by atoms with van der Waals surface area (Å²) in [5, 5.41) is 3.04. The molecule has 3 nitrogen and oxygen atoms in total. The molecule has 1 amide bonds. The third kappa shape index (κ3) is 4.02. The van der Waals surface area contributed by atoms with E-state index in [1.165, 1.54) is 0 Å². The fourth-order valence-electron chi connectivity index (χ4n) is 1.57. The number of hydrogen-bond acceptors (Lipinski definition) is 2. The molecular weight excluding hydrogens is 236 g/mol. The van der Waals surface area contributed by atoms with Crippen molar-refractivity contribution in [2.75, 3.05) is 27.2 Å². The van der Waals surface area contributed by atoms with Crippen molar-refractivity contribution in [2.24, 2.45) is 0 Å². The van der Waals surface area contributed by atoms with Crippen molar-refractivity contribution in [3.05, 3.63) is 34.9 Å². The Morgan fingerprint density at radius 2 is 2.00 bits per heavy atom. The minimum Gasteiger partial charge on any atom is -0.340 e. The van der Waals surface area contributed by atoms with Crippen LogP contribution in [0, 0.1) is 13.8 Å². The molecule has 0 spiro atoms. The Labute approximate surface area is 110 Å². The van der Waals surface area contributed by atoms with E-state index in [1.54, 1.807) is 4.90 Å². The van der Waals surface area contributed by atoms with Crippen LogP contribution in [0.4, 0.5) is 0 Å². The van der Waals surface area contributed by atoms with Crippen molar-refractivity contribution in [1.82, 2.24) is 10.2 Å². The first-order chi connectivity index (χ1) is 7.57. The van der Waals surface area contributed by atoms with Gasteiger partial charge in [-0.2, -0.15) is 0 Å². The summed E-state index contributed by atoms with van der Waals surface area (Å²) in [6, 6.07) is 5.85. The van der Waals surface area contributed by atoms with Crippen LogP contribution in [0.25, 0.3) is 0 Å². The van der Waals surface area contributed by atoms with Crippen LogP contribution < -0.4 is 5.32 Å². The molecule has 0 unspecified atom stereocenters. The molecule has 0 fully saturated rings. The molecule has 17 heavy (non-hydrogen) atoms. The molecule has 0 heterocycles. The Morgan fingerprint density at radius 1 is 1.35 bits per heavy atom. The number of carbonyl (C=O) groups excluding carboxylic acids is 1. The molecule has 1 aromatic rings. The molecule has 1 aromatic carbocycles. The molecule has 0 atom stereocenters. The van der Waals surface area contributed by atoms with Crippen molar-refractivity contribution in [3.8, 4) is 0 Å². The number of benzene rings is 1. The Balaban J connectivity index is 0.00000256. The van der Waals surface area contributed by atoms with Gasteiger partial charge in [0.25, 0.3) is 5.91 Å². The zero-order chi connectivity index (χ0) is 12.1. The Kier molecular flexibility index (Phi) is 6.85. The second kappa shape index (κ2) is 7.30. The molecule has 96 valence electrons. The van der Waals surface area contributed by atoms with Gasteiger partial charge in [0.15, 0.2) is 0 Å². The number of likely N-dealkylation sites (N-methyl/N-ethyl adjacent to an activating group) is 2. The monoisotopic (exact) mass is 256 g/mol. The second-order valence-electron chi connectivity index (χ2n) is 4.08. The van der Waals surface area contributed by atoms with E-state index in [2.05, 4.69) is 5.32 Å². The van der Waals surface area contributed by atoms with Crippen molar-refractivity contribution in [2.45, 2.75) is 13.8 Å². The van der Waals surface area contributed by atoms with Gasteiger partial charge in [0, 0.05) is 25.7 Å². The number of nitrogens with zero attached hydrogens (tertiary/aromatic N) is 1. The fraction of sp³-hybridized carbons (Fsp3) is 0.462. The molecule has 0 aliphatic carbocycles. The summed E-state index contributed by atoms with van der Waals surface area (Å²) in [6.45, 7) is 5.56.